The number of carbonyl (C=O) groups excluding carboxylic acids is 1. The van der Waals surface area contributed by atoms with E-state index >= 15 is 0 Å². The van der Waals surface area contributed by atoms with E-state index in [0.717, 1.165) is 17.4 Å². The topological polar surface area (TPSA) is 118 Å². The maximum absolute atomic E-state index is 12.9. The molecule has 0 aliphatic carbocycles. The summed E-state index contributed by atoms with van der Waals surface area (Å²) in [7, 11) is 0. The molecule has 0 amide bonds. The molecule has 2 heterocycles. The quantitative estimate of drug-likeness (QED) is 0.598. The van der Waals surface area contributed by atoms with Gasteiger partial charge in [0.25, 0.3) is 5.56 Å². The van der Waals surface area contributed by atoms with Gasteiger partial charge in [-0.3, -0.25) is 4.79 Å². The van der Waals surface area contributed by atoms with E-state index in [0.29, 0.717) is 5.52 Å². The highest BCUT2D eigenvalue weighted by atomic mass is 16.5. The van der Waals surface area contributed by atoms with Crippen LogP contribution in [0.3, 0.4) is 0 Å². The van der Waals surface area contributed by atoms with Crippen molar-refractivity contribution in [3.63, 3.8) is 0 Å². The zero-order valence-corrected chi connectivity index (χ0v) is 16.2. The fourth-order valence-corrected chi connectivity index (χ4v) is 3.38. The average molecular weight is 391 g/mol. The van der Waals surface area contributed by atoms with Gasteiger partial charge >= 0.3 is 5.97 Å². The number of aromatic amines is 1. The summed E-state index contributed by atoms with van der Waals surface area (Å²) in [4.78, 5) is 28.4. The molecule has 0 saturated heterocycles. The van der Waals surface area contributed by atoms with Crippen LogP contribution in [0.1, 0.15) is 30.9 Å². The van der Waals surface area contributed by atoms with Crippen LogP contribution in [-0.4, -0.2) is 17.6 Å². The van der Waals surface area contributed by atoms with E-state index in [1.165, 1.54) is 6.08 Å². The molecule has 29 heavy (non-hydrogen) atoms. The van der Waals surface area contributed by atoms with Crippen LogP contribution in [0.25, 0.3) is 10.9 Å². The average Bonchev–Trinajstić information content (AvgIpc) is 2.70. The van der Waals surface area contributed by atoms with Crippen molar-refractivity contribution in [3.8, 4) is 6.07 Å². The largest absolute Gasteiger partial charge is 0.458 e. The van der Waals surface area contributed by atoms with Gasteiger partial charge in [-0.05, 0) is 42.5 Å². The van der Waals surface area contributed by atoms with Crippen molar-refractivity contribution in [2.24, 2.45) is 5.73 Å². The molecule has 0 bridgehead atoms. The third kappa shape index (κ3) is 3.65. The van der Waals surface area contributed by atoms with E-state index in [9.17, 15) is 14.9 Å². The van der Waals surface area contributed by atoms with Crippen LogP contribution in [0, 0.1) is 11.3 Å². The van der Waals surface area contributed by atoms with Gasteiger partial charge in [0.1, 0.15) is 24.0 Å². The predicted octanol–water partition coefficient (Wildman–Crippen LogP) is 2.90. The number of rotatable bonds is 5. The number of nitriles is 1. The smallest absolute Gasteiger partial charge is 0.338 e. The number of hydrogen-bond donors (Lipinski definition) is 2. The summed E-state index contributed by atoms with van der Waals surface area (Å²) in [5.74, 6) is -1.65. The number of H-pyrrole nitrogens is 1. The number of allylic oxidation sites excluding steroid dienone is 2. The van der Waals surface area contributed by atoms with E-state index in [1.807, 2.05) is 31.2 Å². The number of aromatic nitrogens is 1. The first-order valence-electron chi connectivity index (χ1n) is 9.13. The van der Waals surface area contributed by atoms with Gasteiger partial charge in [-0.15, -0.1) is 0 Å². The van der Waals surface area contributed by atoms with Crippen molar-refractivity contribution in [2.45, 2.75) is 26.2 Å². The summed E-state index contributed by atoms with van der Waals surface area (Å²) < 4.78 is 10.6. The molecule has 0 saturated carbocycles. The zero-order chi connectivity index (χ0) is 21.1. The second-order valence-corrected chi connectivity index (χ2v) is 6.61. The Bertz CT molecular complexity index is 1160. The standard InChI is InChI=1S/C22H21N3O4/c1-4-8-28-22(27)18-12(3)29-20(24)16(11-23)19(18)15-10-14-9-13(5-2)6-7-17(14)25-21(15)26/h4,6-7,9-10,19H,1,5,8,24H2,2-3H3,(H,25,26)/t19-/m0/s1. The number of nitrogens with one attached hydrogen (secondary N) is 1. The SMILES string of the molecule is C=CCOC(=O)C1=C(C)OC(N)=C(C#N)[C@@H]1c1cc2cc(CC)ccc2[nH]c1=O. The van der Waals surface area contributed by atoms with Crippen LogP contribution in [-0.2, 0) is 20.7 Å². The van der Waals surface area contributed by atoms with E-state index in [1.54, 1.807) is 13.0 Å². The highest BCUT2D eigenvalue weighted by Crippen LogP contribution is 2.38. The minimum Gasteiger partial charge on any atom is -0.458 e. The fourth-order valence-electron chi connectivity index (χ4n) is 3.38. The Morgan fingerprint density at radius 3 is 2.86 bits per heavy atom. The van der Waals surface area contributed by atoms with Crippen LogP contribution < -0.4 is 11.3 Å². The lowest BCUT2D eigenvalue weighted by Gasteiger charge is -2.26. The number of ether oxygens (including phenoxy) is 2. The molecule has 2 aromatic rings. The summed E-state index contributed by atoms with van der Waals surface area (Å²) in [6.07, 6.45) is 2.26. The Hall–Kier alpha value is -3.79. The number of carbonyl (C=O) groups is 1. The molecule has 7 heteroatoms. The van der Waals surface area contributed by atoms with Gasteiger partial charge in [0.05, 0.1) is 11.5 Å². The van der Waals surface area contributed by atoms with Crippen LogP contribution in [0.15, 0.2) is 64.5 Å². The lowest BCUT2D eigenvalue weighted by molar-refractivity contribution is -0.138. The Kier molecular flexibility index (Phi) is 5.55. The first-order valence-corrected chi connectivity index (χ1v) is 9.13. The number of aryl methyl sites for hydroxylation is 1. The van der Waals surface area contributed by atoms with E-state index < -0.39 is 17.4 Å². The molecule has 1 atom stereocenters. The maximum atomic E-state index is 12.9. The summed E-state index contributed by atoms with van der Waals surface area (Å²) in [5, 5.41) is 10.5. The molecular formula is C22H21N3O4. The number of benzene rings is 1. The first kappa shape index (κ1) is 20.0. The molecule has 0 radical (unpaired) electrons. The fraction of sp³-hybridized carbons (Fsp3) is 0.227. The van der Waals surface area contributed by atoms with Crippen LogP contribution in [0.2, 0.25) is 0 Å². The summed E-state index contributed by atoms with van der Waals surface area (Å²) in [6.45, 7) is 7.08. The normalized spacial score (nSPS) is 16.4. The molecule has 1 aliphatic rings. The number of nitrogens with two attached hydrogens (primary N) is 1. The number of esters is 1. The van der Waals surface area contributed by atoms with Gasteiger partial charge in [-0.25, -0.2) is 4.79 Å². The van der Waals surface area contributed by atoms with Crippen molar-refractivity contribution >= 4 is 16.9 Å². The maximum Gasteiger partial charge on any atom is 0.338 e. The molecule has 0 spiro atoms. The van der Waals surface area contributed by atoms with Crippen molar-refractivity contribution in [3.05, 3.63) is 81.2 Å². The molecule has 3 N–H and O–H groups in total. The van der Waals surface area contributed by atoms with Gasteiger partial charge in [0.15, 0.2) is 0 Å². The lowest BCUT2D eigenvalue weighted by Crippen LogP contribution is -2.29. The first-order chi connectivity index (χ1) is 13.9. The minimum absolute atomic E-state index is 0.0161. The van der Waals surface area contributed by atoms with E-state index in [2.05, 4.69) is 11.6 Å². The van der Waals surface area contributed by atoms with Crippen LogP contribution in [0.5, 0.6) is 0 Å². The Balaban J connectivity index is 2.25. The van der Waals surface area contributed by atoms with Crippen LogP contribution >= 0.6 is 0 Å². The Labute approximate surface area is 167 Å². The summed E-state index contributed by atoms with van der Waals surface area (Å²) in [5.41, 5.74) is 7.50. The monoisotopic (exact) mass is 391 g/mol. The van der Waals surface area contributed by atoms with Crippen molar-refractivity contribution < 1.29 is 14.3 Å². The van der Waals surface area contributed by atoms with Gasteiger partial charge in [-0.1, -0.05) is 25.6 Å². The number of nitrogens with zero attached hydrogens (tertiary/aromatic N) is 1. The molecule has 0 fully saturated rings. The highest BCUT2D eigenvalue weighted by Gasteiger charge is 2.37. The van der Waals surface area contributed by atoms with Crippen molar-refractivity contribution in [2.75, 3.05) is 6.61 Å². The number of hydrogen-bond acceptors (Lipinski definition) is 6. The van der Waals surface area contributed by atoms with Gasteiger partial charge in [-0.2, -0.15) is 5.26 Å². The summed E-state index contributed by atoms with van der Waals surface area (Å²) >= 11 is 0. The number of pyridine rings is 1. The molecular weight excluding hydrogens is 370 g/mol. The second kappa shape index (κ2) is 8.07. The molecule has 1 aromatic heterocycles. The third-order valence-corrected chi connectivity index (χ3v) is 4.81. The highest BCUT2D eigenvalue weighted by molar-refractivity contribution is 5.93. The Morgan fingerprint density at radius 1 is 1.45 bits per heavy atom. The second-order valence-electron chi connectivity index (χ2n) is 6.61. The van der Waals surface area contributed by atoms with Gasteiger partial charge in [0, 0.05) is 11.1 Å². The minimum atomic E-state index is -0.996. The van der Waals surface area contributed by atoms with E-state index in [4.69, 9.17) is 15.2 Å². The molecule has 3 rings (SSSR count). The van der Waals surface area contributed by atoms with Gasteiger partial charge in [0.2, 0.25) is 5.88 Å². The van der Waals surface area contributed by atoms with Crippen molar-refractivity contribution in [1.29, 1.82) is 5.26 Å². The molecule has 0 unspecified atom stereocenters. The van der Waals surface area contributed by atoms with Crippen molar-refractivity contribution in [1.82, 2.24) is 4.98 Å². The molecule has 1 aliphatic heterocycles. The zero-order valence-electron chi connectivity index (χ0n) is 16.2. The van der Waals surface area contributed by atoms with Gasteiger partial charge < -0.3 is 20.2 Å². The third-order valence-electron chi connectivity index (χ3n) is 4.81. The van der Waals surface area contributed by atoms with E-state index in [-0.39, 0.29) is 35.0 Å². The predicted molar refractivity (Wildman–Crippen MR) is 108 cm³/mol. The molecule has 1 aromatic carbocycles. The van der Waals surface area contributed by atoms with Crippen LogP contribution in [0.4, 0.5) is 0 Å². The number of fused-ring (bicyclic) bond motifs is 1. The molecule has 148 valence electrons. The molecule has 7 nitrogen and oxygen atoms in total. The lowest BCUT2D eigenvalue weighted by atomic mass is 9.83. The Morgan fingerprint density at radius 2 is 2.21 bits per heavy atom. The summed E-state index contributed by atoms with van der Waals surface area (Å²) in [6, 6.07) is 9.39.